The fraction of sp³-hybridized carbons (Fsp3) is 0.304. The van der Waals surface area contributed by atoms with E-state index >= 15 is 0 Å². The van der Waals surface area contributed by atoms with Crippen LogP contribution in [0.1, 0.15) is 18.4 Å². The van der Waals surface area contributed by atoms with Gasteiger partial charge >= 0.3 is 0 Å². The number of benzene rings is 2. The van der Waals surface area contributed by atoms with E-state index in [1.165, 1.54) is 18.4 Å². The van der Waals surface area contributed by atoms with Crippen LogP contribution in [0.5, 0.6) is 5.75 Å². The Labute approximate surface area is 166 Å². The molecule has 1 fully saturated rings. The number of ether oxygens (including phenoxy) is 1. The highest BCUT2D eigenvalue weighted by Crippen LogP contribution is 2.25. The Balaban J connectivity index is 1.50. The van der Waals surface area contributed by atoms with Crippen molar-refractivity contribution in [3.8, 4) is 17.1 Å². The SMILES string of the molecule is COc1ccc(CCNc2cc(N3CCCC3)nc(-c3ccccc3)n2)cc1. The van der Waals surface area contributed by atoms with E-state index in [1.807, 2.05) is 30.3 Å². The van der Waals surface area contributed by atoms with E-state index in [4.69, 9.17) is 14.7 Å². The Morgan fingerprint density at radius 3 is 2.43 bits per heavy atom. The van der Waals surface area contributed by atoms with Gasteiger partial charge in [-0.05, 0) is 37.0 Å². The van der Waals surface area contributed by atoms with Crippen molar-refractivity contribution in [1.29, 1.82) is 0 Å². The molecular weight excluding hydrogens is 348 g/mol. The van der Waals surface area contributed by atoms with Gasteiger partial charge in [-0.25, -0.2) is 9.97 Å². The molecule has 5 heteroatoms. The molecule has 144 valence electrons. The Morgan fingerprint density at radius 1 is 0.964 bits per heavy atom. The van der Waals surface area contributed by atoms with E-state index in [1.54, 1.807) is 7.11 Å². The van der Waals surface area contributed by atoms with Crippen LogP contribution < -0.4 is 15.0 Å². The second-order valence-electron chi connectivity index (χ2n) is 7.02. The molecular formula is C23H26N4O. The summed E-state index contributed by atoms with van der Waals surface area (Å²) < 4.78 is 5.22. The molecule has 0 unspecified atom stereocenters. The van der Waals surface area contributed by atoms with Crippen LogP contribution in [-0.2, 0) is 6.42 Å². The highest BCUT2D eigenvalue weighted by molar-refractivity contribution is 5.62. The van der Waals surface area contributed by atoms with Gasteiger partial charge in [-0.1, -0.05) is 42.5 Å². The minimum absolute atomic E-state index is 0.775. The van der Waals surface area contributed by atoms with Gasteiger partial charge in [0.15, 0.2) is 5.82 Å². The van der Waals surface area contributed by atoms with Gasteiger partial charge in [0, 0.05) is 31.3 Å². The van der Waals surface area contributed by atoms with Crippen molar-refractivity contribution < 1.29 is 4.74 Å². The molecule has 2 heterocycles. The first-order chi connectivity index (χ1) is 13.8. The van der Waals surface area contributed by atoms with Crippen LogP contribution in [0.3, 0.4) is 0 Å². The smallest absolute Gasteiger partial charge is 0.163 e. The lowest BCUT2D eigenvalue weighted by Gasteiger charge is -2.18. The molecule has 0 saturated carbocycles. The first-order valence-electron chi connectivity index (χ1n) is 9.88. The summed E-state index contributed by atoms with van der Waals surface area (Å²) >= 11 is 0. The highest BCUT2D eigenvalue weighted by Gasteiger charge is 2.16. The van der Waals surface area contributed by atoms with Crippen LogP contribution in [0.4, 0.5) is 11.6 Å². The molecule has 0 atom stereocenters. The molecule has 0 amide bonds. The third-order valence-electron chi connectivity index (χ3n) is 5.05. The van der Waals surface area contributed by atoms with Crippen molar-refractivity contribution in [3.63, 3.8) is 0 Å². The van der Waals surface area contributed by atoms with Gasteiger partial charge < -0.3 is 15.0 Å². The number of methoxy groups -OCH3 is 1. The van der Waals surface area contributed by atoms with Crippen LogP contribution >= 0.6 is 0 Å². The van der Waals surface area contributed by atoms with E-state index in [2.05, 4.69) is 40.5 Å². The zero-order valence-electron chi connectivity index (χ0n) is 16.3. The van der Waals surface area contributed by atoms with Gasteiger partial charge in [-0.3, -0.25) is 0 Å². The number of nitrogens with one attached hydrogen (secondary N) is 1. The van der Waals surface area contributed by atoms with Crippen molar-refractivity contribution >= 4 is 11.6 Å². The second kappa shape index (κ2) is 8.74. The maximum absolute atomic E-state index is 5.22. The lowest BCUT2D eigenvalue weighted by atomic mass is 10.1. The standard InChI is InChI=1S/C23H26N4O/c1-28-20-11-9-18(10-12-20)13-14-24-21-17-22(27-15-5-6-16-27)26-23(25-21)19-7-3-2-4-8-19/h2-4,7-12,17H,5-6,13-16H2,1H3,(H,24,25,26). The summed E-state index contributed by atoms with van der Waals surface area (Å²) in [5, 5.41) is 3.49. The summed E-state index contributed by atoms with van der Waals surface area (Å²) in [6.07, 6.45) is 3.38. The Morgan fingerprint density at radius 2 is 1.71 bits per heavy atom. The molecule has 1 aliphatic heterocycles. The molecule has 0 spiro atoms. The van der Waals surface area contributed by atoms with Gasteiger partial charge in [-0.2, -0.15) is 0 Å². The number of nitrogens with zero attached hydrogens (tertiary/aromatic N) is 3. The van der Waals surface area contributed by atoms with Crippen molar-refractivity contribution in [2.75, 3.05) is 37.0 Å². The summed E-state index contributed by atoms with van der Waals surface area (Å²) in [5.41, 5.74) is 2.31. The van der Waals surface area contributed by atoms with Gasteiger partial charge in [0.2, 0.25) is 0 Å². The lowest BCUT2D eigenvalue weighted by Crippen LogP contribution is -2.20. The van der Waals surface area contributed by atoms with E-state index in [-0.39, 0.29) is 0 Å². The maximum Gasteiger partial charge on any atom is 0.163 e. The number of anilines is 2. The number of aromatic nitrogens is 2. The highest BCUT2D eigenvalue weighted by atomic mass is 16.5. The average molecular weight is 374 g/mol. The number of rotatable bonds is 7. The molecule has 1 aliphatic rings. The summed E-state index contributed by atoms with van der Waals surface area (Å²) in [4.78, 5) is 11.9. The zero-order chi connectivity index (χ0) is 19.2. The number of hydrogen-bond acceptors (Lipinski definition) is 5. The van der Waals surface area contributed by atoms with E-state index < -0.39 is 0 Å². The predicted molar refractivity (Wildman–Crippen MR) is 114 cm³/mol. The normalized spacial score (nSPS) is 13.5. The van der Waals surface area contributed by atoms with E-state index in [0.717, 1.165) is 54.8 Å². The molecule has 5 nitrogen and oxygen atoms in total. The third-order valence-corrected chi connectivity index (χ3v) is 5.05. The van der Waals surface area contributed by atoms with Crippen molar-refractivity contribution in [2.45, 2.75) is 19.3 Å². The zero-order valence-corrected chi connectivity index (χ0v) is 16.3. The van der Waals surface area contributed by atoms with Gasteiger partial charge in [0.25, 0.3) is 0 Å². The topological polar surface area (TPSA) is 50.3 Å². The quantitative estimate of drug-likeness (QED) is 0.664. The summed E-state index contributed by atoms with van der Waals surface area (Å²) in [6, 6.07) is 20.5. The van der Waals surface area contributed by atoms with Gasteiger partial charge in [0.1, 0.15) is 17.4 Å². The fourth-order valence-corrected chi connectivity index (χ4v) is 3.48. The molecule has 0 bridgehead atoms. The summed E-state index contributed by atoms with van der Waals surface area (Å²) in [7, 11) is 1.69. The first kappa shape index (κ1) is 18.3. The summed E-state index contributed by atoms with van der Waals surface area (Å²) in [6.45, 7) is 2.95. The average Bonchev–Trinajstić information content (AvgIpc) is 3.30. The van der Waals surface area contributed by atoms with Crippen LogP contribution in [0.25, 0.3) is 11.4 Å². The first-order valence-corrected chi connectivity index (χ1v) is 9.88. The molecule has 1 saturated heterocycles. The Hall–Kier alpha value is -3.08. The molecule has 2 aromatic carbocycles. The van der Waals surface area contributed by atoms with Gasteiger partial charge in [-0.15, -0.1) is 0 Å². The fourth-order valence-electron chi connectivity index (χ4n) is 3.48. The van der Waals surface area contributed by atoms with Crippen molar-refractivity contribution in [1.82, 2.24) is 9.97 Å². The minimum Gasteiger partial charge on any atom is -0.497 e. The van der Waals surface area contributed by atoms with Gasteiger partial charge in [0.05, 0.1) is 7.11 Å². The lowest BCUT2D eigenvalue weighted by molar-refractivity contribution is 0.414. The molecule has 0 radical (unpaired) electrons. The maximum atomic E-state index is 5.22. The molecule has 4 rings (SSSR count). The van der Waals surface area contributed by atoms with E-state index in [0.29, 0.717) is 0 Å². The second-order valence-corrected chi connectivity index (χ2v) is 7.02. The summed E-state index contributed by atoms with van der Waals surface area (Å²) in [5.74, 6) is 3.55. The van der Waals surface area contributed by atoms with Crippen molar-refractivity contribution in [3.05, 3.63) is 66.2 Å². The Bertz CT molecular complexity index is 890. The van der Waals surface area contributed by atoms with E-state index in [9.17, 15) is 0 Å². The molecule has 1 N–H and O–H groups in total. The molecule has 3 aromatic rings. The largest absolute Gasteiger partial charge is 0.497 e. The van der Waals surface area contributed by atoms with Crippen LogP contribution in [0, 0.1) is 0 Å². The molecule has 28 heavy (non-hydrogen) atoms. The van der Waals surface area contributed by atoms with Crippen molar-refractivity contribution in [2.24, 2.45) is 0 Å². The predicted octanol–water partition coefficient (Wildman–Crippen LogP) is 4.41. The molecule has 0 aliphatic carbocycles. The third kappa shape index (κ3) is 4.42. The monoisotopic (exact) mass is 374 g/mol. The number of hydrogen-bond donors (Lipinski definition) is 1. The van der Waals surface area contributed by atoms with Crippen LogP contribution in [-0.4, -0.2) is 36.7 Å². The van der Waals surface area contributed by atoms with Crippen LogP contribution in [0.15, 0.2) is 60.7 Å². The molecule has 1 aromatic heterocycles. The minimum atomic E-state index is 0.775. The Kier molecular flexibility index (Phi) is 5.71. The van der Waals surface area contributed by atoms with Crippen LogP contribution in [0.2, 0.25) is 0 Å².